The maximum atomic E-state index is 9.70. The zero-order valence-corrected chi connectivity index (χ0v) is 17.1. The monoisotopic (exact) mass is 396 g/mol. The summed E-state index contributed by atoms with van der Waals surface area (Å²) in [5, 5.41) is 9.70. The summed E-state index contributed by atoms with van der Waals surface area (Å²) < 4.78 is 8.31. The summed E-state index contributed by atoms with van der Waals surface area (Å²) in [4.78, 5) is 7.17. The molecule has 1 fully saturated rings. The number of hydrogen-bond acceptors (Lipinski definition) is 4. The molecule has 0 N–H and O–H groups in total. The summed E-state index contributed by atoms with van der Waals surface area (Å²) in [7, 11) is 0. The predicted molar refractivity (Wildman–Crippen MR) is 119 cm³/mol. The molecule has 2 aromatic heterocycles. The summed E-state index contributed by atoms with van der Waals surface area (Å²) in [6.45, 7) is 4.51. The Morgan fingerprint density at radius 2 is 1.80 bits per heavy atom. The number of fused-ring (bicyclic) bond motifs is 3. The largest absolute Gasteiger partial charge is 0.373 e. The first-order chi connectivity index (χ1) is 14.7. The fraction of sp³-hybridized carbons (Fsp3) is 0.280. The third-order valence-electron chi connectivity index (χ3n) is 5.96. The van der Waals surface area contributed by atoms with E-state index in [1.54, 1.807) is 0 Å². The van der Waals surface area contributed by atoms with Crippen molar-refractivity contribution in [2.24, 2.45) is 0 Å². The molecule has 0 aliphatic carbocycles. The molecule has 0 amide bonds. The van der Waals surface area contributed by atoms with E-state index in [0.29, 0.717) is 12.2 Å². The van der Waals surface area contributed by atoms with Gasteiger partial charge in [-0.3, -0.25) is 4.40 Å². The molecule has 0 spiro atoms. The van der Waals surface area contributed by atoms with Crippen molar-refractivity contribution >= 4 is 22.5 Å². The van der Waals surface area contributed by atoms with Gasteiger partial charge in [-0.1, -0.05) is 42.5 Å². The van der Waals surface area contributed by atoms with E-state index in [1.807, 2.05) is 31.2 Å². The van der Waals surface area contributed by atoms with Crippen LogP contribution in [0.25, 0.3) is 16.7 Å². The molecular formula is C25H24N4O. The number of aromatic nitrogens is 2. The number of hydrogen-bond donors (Lipinski definition) is 0. The van der Waals surface area contributed by atoms with E-state index in [2.05, 4.69) is 51.8 Å². The molecule has 0 radical (unpaired) electrons. The molecular weight excluding hydrogens is 372 g/mol. The quantitative estimate of drug-likeness (QED) is 0.495. The number of aryl methyl sites for hydroxylation is 1. The van der Waals surface area contributed by atoms with Crippen LogP contribution in [0, 0.1) is 18.3 Å². The number of ether oxygens (including phenoxy) is 1. The first-order valence-corrected chi connectivity index (χ1v) is 10.5. The van der Waals surface area contributed by atoms with Gasteiger partial charge < -0.3 is 9.64 Å². The fourth-order valence-electron chi connectivity index (χ4n) is 4.34. The lowest BCUT2D eigenvalue weighted by molar-refractivity contribution is 0.0250. The number of pyridine rings is 1. The van der Waals surface area contributed by atoms with Crippen molar-refractivity contribution in [1.29, 1.82) is 5.26 Å². The molecule has 3 heterocycles. The van der Waals surface area contributed by atoms with Crippen LogP contribution >= 0.6 is 0 Å². The zero-order chi connectivity index (χ0) is 20.5. The van der Waals surface area contributed by atoms with Gasteiger partial charge in [-0.05, 0) is 49.1 Å². The van der Waals surface area contributed by atoms with E-state index in [1.165, 1.54) is 5.56 Å². The number of rotatable bonds is 4. The highest BCUT2D eigenvalue weighted by Gasteiger charge is 2.24. The van der Waals surface area contributed by atoms with E-state index in [-0.39, 0.29) is 6.10 Å². The number of nitrogens with zero attached hydrogens (tertiary/aromatic N) is 4. The molecule has 5 nitrogen and oxygen atoms in total. The van der Waals surface area contributed by atoms with Crippen molar-refractivity contribution in [3.8, 4) is 6.07 Å². The van der Waals surface area contributed by atoms with Crippen LogP contribution in [0.2, 0.25) is 0 Å². The number of para-hydroxylation sites is 2. The Balaban J connectivity index is 1.41. The zero-order valence-electron chi connectivity index (χ0n) is 17.1. The first kappa shape index (κ1) is 18.7. The summed E-state index contributed by atoms with van der Waals surface area (Å²) in [6, 6.07) is 22.9. The van der Waals surface area contributed by atoms with Crippen LogP contribution in [0.5, 0.6) is 0 Å². The Labute approximate surface area is 176 Å². The fourth-order valence-corrected chi connectivity index (χ4v) is 4.34. The second kappa shape index (κ2) is 7.81. The lowest BCUT2D eigenvalue weighted by atomic mass is 10.1. The van der Waals surface area contributed by atoms with Crippen LogP contribution in [-0.4, -0.2) is 28.6 Å². The summed E-state index contributed by atoms with van der Waals surface area (Å²) in [5.74, 6) is 1.11. The predicted octanol–water partition coefficient (Wildman–Crippen LogP) is 4.85. The molecule has 150 valence electrons. The molecule has 0 bridgehead atoms. The molecule has 5 heteroatoms. The first-order valence-electron chi connectivity index (χ1n) is 10.5. The van der Waals surface area contributed by atoms with Gasteiger partial charge in [0.05, 0.1) is 29.3 Å². The second-order valence-corrected chi connectivity index (χ2v) is 7.91. The van der Waals surface area contributed by atoms with Crippen LogP contribution in [-0.2, 0) is 11.3 Å². The van der Waals surface area contributed by atoms with Crippen molar-refractivity contribution in [3.63, 3.8) is 0 Å². The highest BCUT2D eigenvalue weighted by Crippen LogP contribution is 2.30. The highest BCUT2D eigenvalue weighted by atomic mass is 16.5. The summed E-state index contributed by atoms with van der Waals surface area (Å²) in [5.41, 5.74) is 5.54. The topological polar surface area (TPSA) is 53.6 Å². The maximum absolute atomic E-state index is 9.70. The Hall–Kier alpha value is -3.36. The number of imidazole rings is 1. The van der Waals surface area contributed by atoms with Crippen LogP contribution in [0.1, 0.15) is 29.5 Å². The molecule has 30 heavy (non-hydrogen) atoms. The molecule has 0 saturated carbocycles. The van der Waals surface area contributed by atoms with Gasteiger partial charge >= 0.3 is 0 Å². The van der Waals surface area contributed by atoms with Crippen LogP contribution in [0.15, 0.2) is 60.7 Å². The SMILES string of the molecule is Cc1cc(N2CCC(OCc3ccccc3)CC2)n2c(nc3ccccc32)c1C#N. The Kier molecular flexibility index (Phi) is 4.86. The Morgan fingerprint density at radius 3 is 2.57 bits per heavy atom. The van der Waals surface area contributed by atoms with Gasteiger partial charge in [0.15, 0.2) is 5.65 Å². The summed E-state index contributed by atoms with van der Waals surface area (Å²) in [6.07, 6.45) is 2.25. The van der Waals surface area contributed by atoms with E-state index in [9.17, 15) is 5.26 Å². The third kappa shape index (κ3) is 3.30. The molecule has 1 aliphatic heterocycles. The van der Waals surface area contributed by atoms with Crippen molar-refractivity contribution in [3.05, 3.63) is 77.4 Å². The van der Waals surface area contributed by atoms with E-state index in [4.69, 9.17) is 9.72 Å². The molecule has 4 aromatic rings. The van der Waals surface area contributed by atoms with Gasteiger partial charge in [0, 0.05) is 13.1 Å². The molecule has 0 atom stereocenters. The van der Waals surface area contributed by atoms with Crippen molar-refractivity contribution in [2.45, 2.75) is 32.5 Å². The lowest BCUT2D eigenvalue weighted by Gasteiger charge is -2.34. The van der Waals surface area contributed by atoms with Gasteiger partial charge in [0.25, 0.3) is 0 Å². The molecule has 0 unspecified atom stereocenters. The average Bonchev–Trinajstić information content (AvgIpc) is 3.17. The van der Waals surface area contributed by atoms with E-state index >= 15 is 0 Å². The number of piperidine rings is 1. The van der Waals surface area contributed by atoms with Gasteiger partial charge in [-0.25, -0.2) is 4.98 Å². The van der Waals surface area contributed by atoms with Gasteiger partial charge in [0.2, 0.25) is 0 Å². The van der Waals surface area contributed by atoms with E-state index in [0.717, 1.165) is 54.0 Å². The third-order valence-corrected chi connectivity index (χ3v) is 5.96. The smallest absolute Gasteiger partial charge is 0.157 e. The average molecular weight is 396 g/mol. The highest BCUT2D eigenvalue weighted by molar-refractivity contribution is 5.85. The molecule has 1 saturated heterocycles. The number of anilines is 1. The van der Waals surface area contributed by atoms with E-state index < -0.39 is 0 Å². The molecule has 1 aliphatic rings. The number of nitriles is 1. The standard InChI is InChI=1S/C25H24N4O/c1-18-15-24(29-23-10-6-5-9-22(23)27-25(29)21(18)16-26)28-13-11-20(12-14-28)30-17-19-7-3-2-4-8-19/h2-10,15,20H,11-14,17H2,1H3. The minimum atomic E-state index is 0.274. The lowest BCUT2D eigenvalue weighted by Crippen LogP contribution is -2.38. The normalized spacial score (nSPS) is 15.0. The second-order valence-electron chi connectivity index (χ2n) is 7.91. The minimum absolute atomic E-state index is 0.274. The van der Waals surface area contributed by atoms with Crippen LogP contribution < -0.4 is 4.90 Å². The van der Waals surface area contributed by atoms with Crippen molar-refractivity contribution in [1.82, 2.24) is 9.38 Å². The maximum Gasteiger partial charge on any atom is 0.157 e. The van der Waals surface area contributed by atoms with Crippen molar-refractivity contribution < 1.29 is 4.74 Å². The molecule has 5 rings (SSSR count). The van der Waals surface area contributed by atoms with Gasteiger partial charge in [-0.2, -0.15) is 5.26 Å². The number of benzene rings is 2. The minimum Gasteiger partial charge on any atom is -0.373 e. The van der Waals surface area contributed by atoms with Crippen LogP contribution in [0.3, 0.4) is 0 Å². The molecule has 2 aromatic carbocycles. The Morgan fingerprint density at radius 1 is 1.07 bits per heavy atom. The summed E-state index contributed by atoms with van der Waals surface area (Å²) >= 11 is 0. The van der Waals surface area contributed by atoms with Gasteiger partial charge in [-0.15, -0.1) is 0 Å². The Bertz CT molecular complexity index is 1230. The van der Waals surface area contributed by atoms with Crippen molar-refractivity contribution in [2.75, 3.05) is 18.0 Å². The van der Waals surface area contributed by atoms with Crippen LogP contribution in [0.4, 0.5) is 5.82 Å². The van der Waals surface area contributed by atoms with Gasteiger partial charge in [0.1, 0.15) is 11.9 Å².